The number of nitrogens with one attached hydrogen (secondary N) is 1. The van der Waals surface area contributed by atoms with Crippen LogP contribution < -0.4 is 5.32 Å². The highest BCUT2D eigenvalue weighted by molar-refractivity contribution is 5.01. The summed E-state index contributed by atoms with van der Waals surface area (Å²) in [5.41, 5.74) is 0.682. The third-order valence-electron chi connectivity index (χ3n) is 4.71. The second-order valence-corrected chi connectivity index (χ2v) is 6.23. The fraction of sp³-hybridized carbons (Fsp3) is 1.00. The molecule has 2 saturated carbocycles. The Hall–Kier alpha value is -0.0400. The van der Waals surface area contributed by atoms with Crippen molar-refractivity contribution in [2.24, 2.45) is 17.3 Å². The Morgan fingerprint density at radius 1 is 1.33 bits per heavy atom. The summed E-state index contributed by atoms with van der Waals surface area (Å²) >= 11 is 0. The molecular formula is C14H27N. The summed E-state index contributed by atoms with van der Waals surface area (Å²) in [7, 11) is 0. The molecule has 88 valence electrons. The third kappa shape index (κ3) is 2.22. The van der Waals surface area contributed by atoms with E-state index >= 15 is 0 Å². The molecule has 1 heteroatoms. The summed E-state index contributed by atoms with van der Waals surface area (Å²) < 4.78 is 0. The number of hydrogen-bond acceptors (Lipinski definition) is 1. The van der Waals surface area contributed by atoms with Gasteiger partial charge >= 0.3 is 0 Å². The molecule has 0 saturated heterocycles. The lowest BCUT2D eigenvalue weighted by molar-refractivity contribution is 0.138. The van der Waals surface area contributed by atoms with E-state index in [4.69, 9.17) is 0 Å². The first-order chi connectivity index (χ1) is 7.16. The van der Waals surface area contributed by atoms with E-state index in [1.807, 2.05) is 0 Å². The minimum atomic E-state index is 0.651. The van der Waals surface area contributed by atoms with Crippen LogP contribution >= 0.6 is 0 Å². The largest absolute Gasteiger partial charge is 0.314 e. The average molecular weight is 209 g/mol. The van der Waals surface area contributed by atoms with Gasteiger partial charge in [0.05, 0.1) is 0 Å². The lowest BCUT2D eigenvalue weighted by atomic mass is 9.70. The van der Waals surface area contributed by atoms with Crippen LogP contribution in [0.25, 0.3) is 0 Å². The molecule has 3 unspecified atom stereocenters. The zero-order valence-electron chi connectivity index (χ0n) is 10.7. The molecule has 2 fully saturated rings. The first kappa shape index (κ1) is 11.4. The van der Waals surface area contributed by atoms with Crippen LogP contribution in [-0.2, 0) is 0 Å². The molecule has 2 aliphatic rings. The Morgan fingerprint density at radius 3 is 2.60 bits per heavy atom. The van der Waals surface area contributed by atoms with Crippen molar-refractivity contribution in [2.75, 3.05) is 6.54 Å². The molecule has 0 aromatic heterocycles. The highest BCUT2D eigenvalue weighted by Gasteiger charge is 2.49. The molecule has 1 nitrogen and oxygen atoms in total. The summed E-state index contributed by atoms with van der Waals surface area (Å²) in [6, 6.07) is 0.651. The maximum atomic E-state index is 3.70. The van der Waals surface area contributed by atoms with Crippen molar-refractivity contribution in [3.63, 3.8) is 0 Å². The monoisotopic (exact) mass is 209 g/mol. The van der Waals surface area contributed by atoms with Gasteiger partial charge in [-0.15, -0.1) is 0 Å². The standard InChI is InChI=1S/C14H27N/c1-4-7-14(10-15-11(2)3)9-12-5-6-13(14)8-12/h11-13,15H,4-10H2,1-3H3. The number of hydrogen-bond donors (Lipinski definition) is 1. The van der Waals surface area contributed by atoms with Crippen LogP contribution in [-0.4, -0.2) is 12.6 Å². The lowest BCUT2D eigenvalue weighted by Crippen LogP contribution is -2.41. The van der Waals surface area contributed by atoms with Gasteiger partial charge in [0.2, 0.25) is 0 Å². The Morgan fingerprint density at radius 2 is 2.13 bits per heavy atom. The van der Waals surface area contributed by atoms with Crippen molar-refractivity contribution < 1.29 is 0 Å². The van der Waals surface area contributed by atoms with Crippen LogP contribution in [0.1, 0.15) is 59.3 Å². The molecular weight excluding hydrogens is 182 g/mol. The maximum Gasteiger partial charge on any atom is 0.00129 e. The molecule has 0 spiro atoms. The second-order valence-electron chi connectivity index (χ2n) is 6.23. The van der Waals surface area contributed by atoms with E-state index in [9.17, 15) is 0 Å². The van der Waals surface area contributed by atoms with Crippen molar-refractivity contribution in [3.05, 3.63) is 0 Å². The van der Waals surface area contributed by atoms with Crippen LogP contribution in [0.2, 0.25) is 0 Å². The molecule has 0 aromatic carbocycles. The van der Waals surface area contributed by atoms with Crippen LogP contribution in [0.3, 0.4) is 0 Å². The predicted molar refractivity (Wildman–Crippen MR) is 65.9 cm³/mol. The SMILES string of the molecule is CCCC1(CNC(C)C)CC2CCC1C2. The molecule has 0 aromatic rings. The van der Waals surface area contributed by atoms with Crippen molar-refractivity contribution in [1.29, 1.82) is 0 Å². The fourth-order valence-corrected chi connectivity index (χ4v) is 4.07. The smallest absolute Gasteiger partial charge is 0.00129 e. The van der Waals surface area contributed by atoms with E-state index in [0.29, 0.717) is 11.5 Å². The van der Waals surface area contributed by atoms with E-state index in [0.717, 1.165) is 11.8 Å². The third-order valence-corrected chi connectivity index (χ3v) is 4.71. The van der Waals surface area contributed by atoms with E-state index in [1.165, 1.54) is 38.6 Å². The van der Waals surface area contributed by atoms with Gasteiger partial charge in [0.1, 0.15) is 0 Å². The molecule has 0 amide bonds. The highest BCUT2D eigenvalue weighted by Crippen LogP contribution is 2.57. The normalized spacial score (nSPS) is 39.2. The minimum absolute atomic E-state index is 0.651. The second kappa shape index (κ2) is 4.45. The van der Waals surface area contributed by atoms with Gasteiger partial charge in [-0.3, -0.25) is 0 Å². The first-order valence-corrected chi connectivity index (χ1v) is 6.89. The molecule has 2 rings (SSSR count). The van der Waals surface area contributed by atoms with Gasteiger partial charge in [0, 0.05) is 12.6 Å². The first-order valence-electron chi connectivity index (χ1n) is 6.89. The van der Waals surface area contributed by atoms with Gasteiger partial charge in [0.25, 0.3) is 0 Å². The van der Waals surface area contributed by atoms with Crippen LogP contribution in [0.4, 0.5) is 0 Å². The van der Waals surface area contributed by atoms with Gasteiger partial charge in [-0.25, -0.2) is 0 Å². The molecule has 1 N–H and O–H groups in total. The van der Waals surface area contributed by atoms with Crippen molar-refractivity contribution >= 4 is 0 Å². The van der Waals surface area contributed by atoms with Crippen molar-refractivity contribution in [2.45, 2.75) is 65.3 Å². The summed E-state index contributed by atoms with van der Waals surface area (Å²) in [4.78, 5) is 0. The topological polar surface area (TPSA) is 12.0 Å². The summed E-state index contributed by atoms with van der Waals surface area (Å²) in [5.74, 6) is 2.13. The Bertz CT molecular complexity index is 211. The summed E-state index contributed by atoms with van der Waals surface area (Å²) in [6.07, 6.45) is 8.92. The zero-order chi connectivity index (χ0) is 10.9. The van der Waals surface area contributed by atoms with Crippen LogP contribution in [0, 0.1) is 17.3 Å². The van der Waals surface area contributed by atoms with E-state index in [2.05, 4.69) is 26.1 Å². The van der Waals surface area contributed by atoms with Gasteiger partial charge in [0.15, 0.2) is 0 Å². The molecule has 15 heavy (non-hydrogen) atoms. The Labute approximate surface area is 95.0 Å². The highest BCUT2D eigenvalue weighted by atomic mass is 14.9. The summed E-state index contributed by atoms with van der Waals surface area (Å²) in [6.45, 7) is 8.17. The summed E-state index contributed by atoms with van der Waals surface area (Å²) in [5, 5.41) is 3.70. The average Bonchev–Trinajstić information content (AvgIpc) is 2.75. The van der Waals surface area contributed by atoms with E-state index < -0.39 is 0 Å². The van der Waals surface area contributed by atoms with E-state index in [-0.39, 0.29) is 0 Å². The van der Waals surface area contributed by atoms with E-state index in [1.54, 1.807) is 6.42 Å². The quantitative estimate of drug-likeness (QED) is 0.729. The molecule has 2 bridgehead atoms. The molecule has 0 aliphatic heterocycles. The number of fused-ring (bicyclic) bond motifs is 2. The predicted octanol–water partition coefficient (Wildman–Crippen LogP) is 3.59. The molecule has 2 aliphatic carbocycles. The van der Waals surface area contributed by atoms with Crippen LogP contribution in [0.5, 0.6) is 0 Å². The van der Waals surface area contributed by atoms with Gasteiger partial charge in [-0.2, -0.15) is 0 Å². The van der Waals surface area contributed by atoms with Crippen molar-refractivity contribution in [1.82, 2.24) is 5.32 Å². The van der Waals surface area contributed by atoms with Gasteiger partial charge in [-0.1, -0.05) is 33.6 Å². The number of rotatable bonds is 5. The molecule has 0 radical (unpaired) electrons. The van der Waals surface area contributed by atoms with Gasteiger partial charge < -0.3 is 5.32 Å². The lowest BCUT2D eigenvalue weighted by Gasteiger charge is -2.38. The Kier molecular flexibility index (Phi) is 3.39. The molecule has 3 atom stereocenters. The minimum Gasteiger partial charge on any atom is -0.314 e. The maximum absolute atomic E-state index is 3.70. The van der Waals surface area contributed by atoms with Crippen LogP contribution in [0.15, 0.2) is 0 Å². The zero-order valence-corrected chi connectivity index (χ0v) is 10.7. The van der Waals surface area contributed by atoms with Gasteiger partial charge in [-0.05, 0) is 42.9 Å². The van der Waals surface area contributed by atoms with Crippen molar-refractivity contribution in [3.8, 4) is 0 Å². The molecule has 0 heterocycles. The fourth-order valence-electron chi connectivity index (χ4n) is 4.07. The Balaban J connectivity index is 1.98.